The summed E-state index contributed by atoms with van der Waals surface area (Å²) in [5.41, 5.74) is 0.830. The van der Waals surface area contributed by atoms with E-state index in [4.69, 9.17) is 5.11 Å². The van der Waals surface area contributed by atoms with Gasteiger partial charge in [0.15, 0.2) is 0 Å². The molecule has 0 aromatic heterocycles. The molecule has 1 aromatic carbocycles. The Morgan fingerprint density at radius 3 is 2.08 bits per heavy atom. The average molecular weight is 347 g/mol. The molecule has 0 spiro atoms. The van der Waals surface area contributed by atoms with Gasteiger partial charge in [-0.25, -0.2) is 0 Å². The van der Waals surface area contributed by atoms with E-state index in [1.54, 1.807) is 0 Å². The fourth-order valence-corrected chi connectivity index (χ4v) is 4.91. The molecule has 0 unspecified atom stereocenters. The molecule has 1 aromatic rings. The summed E-state index contributed by atoms with van der Waals surface area (Å²) in [4.78, 5) is 24.6. The zero-order chi connectivity index (χ0) is 16.9. The van der Waals surface area contributed by atoms with Crippen LogP contribution in [0, 0.1) is 11.8 Å². The van der Waals surface area contributed by atoms with Gasteiger partial charge in [-0.15, -0.1) is 11.8 Å². The lowest BCUT2D eigenvalue weighted by Crippen LogP contribution is -2.29. The van der Waals surface area contributed by atoms with Gasteiger partial charge in [-0.05, 0) is 62.8 Å². The number of nitrogens with one attached hydrogen (secondary N) is 1. The number of anilines is 1. The normalized spacial score (nSPS) is 24.7. The van der Waals surface area contributed by atoms with Crippen LogP contribution >= 0.6 is 11.8 Å². The second kappa shape index (κ2) is 8.06. The van der Waals surface area contributed by atoms with Crippen molar-refractivity contribution in [1.29, 1.82) is 0 Å². The number of rotatable bonds is 5. The third-order valence-corrected chi connectivity index (χ3v) is 6.52. The summed E-state index contributed by atoms with van der Waals surface area (Å²) in [7, 11) is 0. The quantitative estimate of drug-likeness (QED) is 0.820. The number of hydrogen-bond acceptors (Lipinski definition) is 3. The second-order valence-electron chi connectivity index (χ2n) is 6.92. The summed E-state index contributed by atoms with van der Waals surface area (Å²) in [6, 6.07) is 8.11. The smallest absolute Gasteiger partial charge is 0.306 e. The maximum atomic E-state index is 12.3. The van der Waals surface area contributed by atoms with Crippen LogP contribution in [-0.4, -0.2) is 22.2 Å². The highest BCUT2D eigenvalue weighted by Gasteiger charge is 2.29. The first-order valence-corrected chi connectivity index (χ1v) is 9.80. The molecule has 2 aliphatic rings. The zero-order valence-electron chi connectivity index (χ0n) is 13.9. The van der Waals surface area contributed by atoms with Crippen LogP contribution in [0.5, 0.6) is 0 Å². The highest BCUT2D eigenvalue weighted by atomic mass is 32.2. The van der Waals surface area contributed by atoms with E-state index in [1.165, 1.54) is 30.6 Å². The number of carboxylic acids is 1. The molecule has 0 aliphatic heterocycles. The molecule has 0 radical (unpaired) electrons. The maximum absolute atomic E-state index is 12.3. The molecule has 130 valence electrons. The minimum absolute atomic E-state index is 0.0232. The van der Waals surface area contributed by atoms with Crippen molar-refractivity contribution >= 4 is 29.3 Å². The van der Waals surface area contributed by atoms with E-state index in [9.17, 15) is 9.59 Å². The number of carboxylic acid groups (broad SMARTS) is 1. The van der Waals surface area contributed by atoms with Crippen molar-refractivity contribution in [3.8, 4) is 0 Å². The Morgan fingerprint density at radius 1 is 0.917 bits per heavy atom. The van der Waals surface area contributed by atoms with E-state index in [0.717, 1.165) is 10.9 Å². The van der Waals surface area contributed by atoms with Crippen LogP contribution in [0.3, 0.4) is 0 Å². The highest BCUT2D eigenvalue weighted by molar-refractivity contribution is 8.00. The number of carbonyl (C=O) groups is 2. The summed E-state index contributed by atoms with van der Waals surface area (Å²) < 4.78 is 0. The third kappa shape index (κ3) is 4.53. The van der Waals surface area contributed by atoms with Gasteiger partial charge in [0.1, 0.15) is 0 Å². The van der Waals surface area contributed by atoms with Crippen molar-refractivity contribution in [3.63, 3.8) is 0 Å². The van der Waals surface area contributed by atoms with Gasteiger partial charge in [0, 0.05) is 21.8 Å². The molecule has 5 heteroatoms. The van der Waals surface area contributed by atoms with Crippen LogP contribution in [-0.2, 0) is 9.59 Å². The first-order chi connectivity index (χ1) is 11.6. The molecule has 0 atom stereocenters. The van der Waals surface area contributed by atoms with Gasteiger partial charge in [0.05, 0.1) is 5.92 Å². The number of hydrogen-bond donors (Lipinski definition) is 2. The molecule has 2 fully saturated rings. The molecular formula is C19H25NO3S. The van der Waals surface area contributed by atoms with Crippen molar-refractivity contribution < 1.29 is 14.7 Å². The number of carbonyl (C=O) groups excluding carboxylic acids is 1. The number of thioether (sulfide) groups is 1. The predicted octanol–water partition coefficient (Wildman–Crippen LogP) is 4.55. The molecule has 0 heterocycles. The summed E-state index contributed by atoms with van der Waals surface area (Å²) in [6.07, 6.45) is 7.84. The lowest BCUT2D eigenvalue weighted by atomic mass is 9.81. The van der Waals surface area contributed by atoms with Crippen LogP contribution in [0.15, 0.2) is 29.2 Å². The van der Waals surface area contributed by atoms with Crippen molar-refractivity contribution in [2.75, 3.05) is 5.32 Å². The molecule has 0 bridgehead atoms. The lowest BCUT2D eigenvalue weighted by molar-refractivity contribution is -0.143. The van der Waals surface area contributed by atoms with Gasteiger partial charge < -0.3 is 10.4 Å². The van der Waals surface area contributed by atoms with Gasteiger partial charge in [-0.1, -0.05) is 12.8 Å². The summed E-state index contributed by atoms with van der Waals surface area (Å²) in [6.45, 7) is 0. The Kier molecular flexibility index (Phi) is 5.82. The Balaban J connectivity index is 1.48. The maximum Gasteiger partial charge on any atom is 0.306 e. The third-order valence-electron chi connectivity index (χ3n) is 5.17. The van der Waals surface area contributed by atoms with E-state index in [0.29, 0.717) is 25.7 Å². The largest absolute Gasteiger partial charge is 0.481 e. The average Bonchev–Trinajstić information content (AvgIpc) is 3.09. The summed E-state index contributed by atoms with van der Waals surface area (Å²) >= 11 is 1.94. The molecule has 2 N–H and O–H groups in total. The Labute approximate surface area is 147 Å². The van der Waals surface area contributed by atoms with E-state index in [-0.39, 0.29) is 17.7 Å². The molecule has 0 saturated heterocycles. The molecule has 4 nitrogen and oxygen atoms in total. The van der Waals surface area contributed by atoms with Crippen molar-refractivity contribution in [2.24, 2.45) is 11.8 Å². The van der Waals surface area contributed by atoms with Crippen molar-refractivity contribution in [1.82, 2.24) is 0 Å². The van der Waals surface area contributed by atoms with Crippen LogP contribution in [0.1, 0.15) is 51.4 Å². The minimum atomic E-state index is -0.732. The fourth-order valence-electron chi connectivity index (χ4n) is 3.66. The van der Waals surface area contributed by atoms with E-state index in [2.05, 4.69) is 17.4 Å². The molecule has 1 amide bonds. The molecule has 24 heavy (non-hydrogen) atoms. The van der Waals surface area contributed by atoms with Crippen LogP contribution in [0.2, 0.25) is 0 Å². The lowest BCUT2D eigenvalue weighted by Gasteiger charge is -2.25. The molecule has 3 rings (SSSR count). The molecule has 2 saturated carbocycles. The van der Waals surface area contributed by atoms with Gasteiger partial charge in [-0.2, -0.15) is 0 Å². The first kappa shape index (κ1) is 17.3. The Hall–Kier alpha value is -1.49. The summed E-state index contributed by atoms with van der Waals surface area (Å²) in [5, 5.41) is 12.7. The highest BCUT2D eigenvalue weighted by Crippen LogP contribution is 2.35. The zero-order valence-corrected chi connectivity index (χ0v) is 14.7. The standard InChI is InChI=1S/C19H25NO3S/c21-18(13-5-7-14(8-6-13)19(22)23)20-15-9-11-17(12-10-15)24-16-3-1-2-4-16/h9-14,16H,1-8H2,(H,20,21)(H,22,23). The Morgan fingerprint density at radius 2 is 1.50 bits per heavy atom. The van der Waals surface area contributed by atoms with Gasteiger partial charge >= 0.3 is 5.97 Å². The van der Waals surface area contributed by atoms with Crippen LogP contribution in [0.4, 0.5) is 5.69 Å². The predicted molar refractivity (Wildman–Crippen MR) is 96.3 cm³/mol. The van der Waals surface area contributed by atoms with Gasteiger partial charge in [-0.3, -0.25) is 9.59 Å². The van der Waals surface area contributed by atoms with Gasteiger partial charge in [0.25, 0.3) is 0 Å². The molecular weight excluding hydrogens is 322 g/mol. The topological polar surface area (TPSA) is 66.4 Å². The monoisotopic (exact) mass is 347 g/mol. The Bertz CT molecular complexity index is 573. The van der Waals surface area contributed by atoms with Crippen molar-refractivity contribution in [2.45, 2.75) is 61.5 Å². The number of amides is 1. The first-order valence-electron chi connectivity index (χ1n) is 8.92. The van der Waals surface area contributed by atoms with Crippen LogP contribution < -0.4 is 5.32 Å². The van der Waals surface area contributed by atoms with Crippen molar-refractivity contribution in [3.05, 3.63) is 24.3 Å². The van der Waals surface area contributed by atoms with E-state index < -0.39 is 5.97 Å². The number of aliphatic carboxylic acids is 1. The second-order valence-corrected chi connectivity index (χ2v) is 8.30. The van der Waals surface area contributed by atoms with Crippen LogP contribution in [0.25, 0.3) is 0 Å². The minimum Gasteiger partial charge on any atom is -0.481 e. The molecule has 2 aliphatic carbocycles. The van der Waals surface area contributed by atoms with Gasteiger partial charge in [0.2, 0.25) is 5.91 Å². The SMILES string of the molecule is O=C(O)C1CCC(C(=O)Nc2ccc(SC3CCCC3)cc2)CC1. The van der Waals surface area contributed by atoms with E-state index >= 15 is 0 Å². The summed E-state index contributed by atoms with van der Waals surface area (Å²) in [5.74, 6) is -1.05. The number of benzene rings is 1. The van der Waals surface area contributed by atoms with E-state index in [1.807, 2.05) is 23.9 Å². The fraction of sp³-hybridized carbons (Fsp3) is 0.579.